The molecule has 0 radical (unpaired) electrons. The smallest absolute Gasteiger partial charge is 0.205 e. The Hall–Kier alpha value is -0.200. The molecule has 2 saturated heterocycles. The first-order valence-electron chi connectivity index (χ1n) is 4.04. The van der Waals surface area contributed by atoms with Gasteiger partial charge >= 0.3 is 0 Å². The van der Waals surface area contributed by atoms with Crippen molar-refractivity contribution < 1.29 is 14.9 Å². The Kier molecular flexibility index (Phi) is 1.68. The Morgan fingerprint density at radius 3 is 2.83 bits per heavy atom. The first-order chi connectivity index (χ1) is 5.52. The number of fused-ring (bicyclic) bond motifs is 1. The first-order valence-corrected chi connectivity index (χ1v) is 4.04. The second-order valence-electron chi connectivity index (χ2n) is 3.70. The van der Waals surface area contributed by atoms with Crippen molar-refractivity contribution >= 4 is 0 Å². The minimum Gasteiger partial charge on any atom is -0.369 e. The molecule has 0 aromatic carbocycles. The van der Waals surface area contributed by atoms with Crippen molar-refractivity contribution in [1.29, 1.82) is 0 Å². The summed E-state index contributed by atoms with van der Waals surface area (Å²) in [7, 11) is 1.82. The van der Waals surface area contributed by atoms with Crippen LogP contribution in [0, 0.1) is 0 Å². The Morgan fingerprint density at radius 1 is 1.58 bits per heavy atom. The summed E-state index contributed by atoms with van der Waals surface area (Å²) in [5.41, 5.74) is 5.74. The van der Waals surface area contributed by atoms with Crippen LogP contribution in [-0.4, -0.2) is 59.3 Å². The van der Waals surface area contributed by atoms with Crippen molar-refractivity contribution in [1.82, 2.24) is 4.90 Å². The third kappa shape index (κ3) is 0.982. The van der Waals surface area contributed by atoms with E-state index in [9.17, 15) is 10.2 Å². The second-order valence-corrected chi connectivity index (χ2v) is 3.70. The van der Waals surface area contributed by atoms with Crippen LogP contribution in [0.5, 0.6) is 0 Å². The number of aliphatic hydroxyl groups is 2. The van der Waals surface area contributed by atoms with Crippen molar-refractivity contribution in [2.45, 2.75) is 24.0 Å². The van der Waals surface area contributed by atoms with Crippen LogP contribution in [0.15, 0.2) is 0 Å². The molecule has 3 atom stereocenters. The van der Waals surface area contributed by atoms with Gasteiger partial charge in [0, 0.05) is 12.6 Å². The normalized spacial score (nSPS) is 46.5. The fourth-order valence-corrected chi connectivity index (χ4v) is 2.17. The average Bonchev–Trinajstić information content (AvgIpc) is 2.37. The van der Waals surface area contributed by atoms with Crippen molar-refractivity contribution in [2.24, 2.45) is 5.73 Å². The van der Waals surface area contributed by atoms with Gasteiger partial charge in [-0.05, 0) is 7.05 Å². The molecule has 0 aromatic heterocycles. The fraction of sp³-hybridized carbons (Fsp3) is 1.00. The SMILES string of the molecule is CN1C[C@H](N)[C@H]2OCC(O)(O)[C@H]21. The zero-order chi connectivity index (χ0) is 8.93. The Bertz CT molecular complexity index is 197. The lowest BCUT2D eigenvalue weighted by Crippen LogP contribution is -2.49. The van der Waals surface area contributed by atoms with Gasteiger partial charge in [0.25, 0.3) is 0 Å². The number of rotatable bonds is 0. The van der Waals surface area contributed by atoms with Crippen LogP contribution in [0.3, 0.4) is 0 Å². The molecule has 0 amide bonds. The third-order valence-corrected chi connectivity index (χ3v) is 2.67. The minimum absolute atomic E-state index is 0.0413. The quantitative estimate of drug-likeness (QED) is 0.360. The van der Waals surface area contributed by atoms with E-state index in [1.54, 1.807) is 0 Å². The van der Waals surface area contributed by atoms with Gasteiger partial charge < -0.3 is 20.7 Å². The molecule has 70 valence electrons. The molecule has 4 N–H and O–H groups in total. The molecule has 2 heterocycles. The van der Waals surface area contributed by atoms with Crippen LogP contribution >= 0.6 is 0 Å². The molecule has 5 heteroatoms. The molecule has 5 nitrogen and oxygen atoms in total. The van der Waals surface area contributed by atoms with E-state index in [0.717, 1.165) is 0 Å². The molecule has 2 rings (SSSR count). The topological polar surface area (TPSA) is 79.0 Å². The van der Waals surface area contributed by atoms with Gasteiger partial charge in [0.15, 0.2) is 0 Å². The summed E-state index contributed by atoms with van der Waals surface area (Å²) in [5.74, 6) is -1.73. The standard InChI is InChI=1S/C7H14N2O3/c1-9-2-4(8)5-6(9)7(10,11)3-12-5/h4-6,10-11H,2-3,8H2,1H3/t4-,5+,6-/m0/s1. The molecule has 2 aliphatic rings. The molecule has 2 aliphatic heterocycles. The Balaban J connectivity index is 2.23. The number of nitrogens with two attached hydrogens (primary N) is 1. The molecule has 12 heavy (non-hydrogen) atoms. The van der Waals surface area contributed by atoms with Gasteiger partial charge in [-0.2, -0.15) is 0 Å². The lowest BCUT2D eigenvalue weighted by Gasteiger charge is -2.26. The summed E-state index contributed by atoms with van der Waals surface area (Å²) in [6, 6.07) is -0.478. The summed E-state index contributed by atoms with van der Waals surface area (Å²) in [6.45, 7) is 0.610. The molecule has 0 bridgehead atoms. The van der Waals surface area contributed by atoms with Crippen molar-refractivity contribution in [3.05, 3.63) is 0 Å². The van der Waals surface area contributed by atoms with E-state index in [1.807, 2.05) is 11.9 Å². The molecule has 0 spiro atoms. The molecule has 0 unspecified atom stereocenters. The molecule has 0 aromatic rings. The van der Waals surface area contributed by atoms with Gasteiger partial charge in [-0.25, -0.2) is 0 Å². The minimum atomic E-state index is -1.73. The fourth-order valence-electron chi connectivity index (χ4n) is 2.17. The van der Waals surface area contributed by atoms with E-state index >= 15 is 0 Å². The number of nitrogens with zero attached hydrogens (tertiary/aromatic N) is 1. The van der Waals surface area contributed by atoms with Gasteiger partial charge in [0.1, 0.15) is 6.61 Å². The molecular formula is C7H14N2O3. The predicted octanol–water partition coefficient (Wildman–Crippen LogP) is -2.29. The van der Waals surface area contributed by atoms with E-state index in [1.165, 1.54) is 0 Å². The molecule has 0 saturated carbocycles. The van der Waals surface area contributed by atoms with Crippen LogP contribution in [0.2, 0.25) is 0 Å². The molecular weight excluding hydrogens is 160 g/mol. The van der Waals surface area contributed by atoms with E-state index in [2.05, 4.69) is 0 Å². The lowest BCUT2D eigenvalue weighted by molar-refractivity contribution is -0.184. The summed E-state index contributed by atoms with van der Waals surface area (Å²) < 4.78 is 5.21. The van der Waals surface area contributed by atoms with Gasteiger partial charge in [0.05, 0.1) is 12.1 Å². The second kappa shape index (κ2) is 2.40. The van der Waals surface area contributed by atoms with E-state index in [4.69, 9.17) is 10.5 Å². The number of hydrogen-bond acceptors (Lipinski definition) is 5. The summed E-state index contributed by atoms with van der Waals surface area (Å²) in [6.07, 6.45) is -0.231. The average molecular weight is 174 g/mol. The van der Waals surface area contributed by atoms with E-state index in [-0.39, 0.29) is 24.8 Å². The maximum absolute atomic E-state index is 9.49. The maximum atomic E-state index is 9.49. The Labute approximate surface area is 70.7 Å². The number of likely N-dealkylation sites (tertiary alicyclic amines) is 1. The van der Waals surface area contributed by atoms with Crippen molar-refractivity contribution in [3.63, 3.8) is 0 Å². The van der Waals surface area contributed by atoms with Gasteiger partial charge in [-0.15, -0.1) is 0 Å². The van der Waals surface area contributed by atoms with Gasteiger partial charge in [-0.3, -0.25) is 4.90 Å². The largest absolute Gasteiger partial charge is 0.369 e. The third-order valence-electron chi connectivity index (χ3n) is 2.67. The van der Waals surface area contributed by atoms with Crippen LogP contribution < -0.4 is 5.73 Å². The van der Waals surface area contributed by atoms with E-state index in [0.29, 0.717) is 6.54 Å². The zero-order valence-corrected chi connectivity index (χ0v) is 6.97. The number of ether oxygens (including phenoxy) is 1. The zero-order valence-electron chi connectivity index (χ0n) is 6.97. The van der Waals surface area contributed by atoms with Crippen LogP contribution in [0.1, 0.15) is 0 Å². The summed E-state index contributed by atoms with van der Waals surface area (Å²) in [4.78, 5) is 1.84. The van der Waals surface area contributed by atoms with Crippen LogP contribution in [-0.2, 0) is 4.74 Å². The summed E-state index contributed by atoms with van der Waals surface area (Å²) in [5, 5.41) is 19.0. The van der Waals surface area contributed by atoms with Crippen LogP contribution in [0.4, 0.5) is 0 Å². The highest BCUT2D eigenvalue weighted by Gasteiger charge is 2.55. The number of hydrogen-bond donors (Lipinski definition) is 3. The monoisotopic (exact) mass is 174 g/mol. The molecule has 0 aliphatic carbocycles. The Morgan fingerprint density at radius 2 is 2.25 bits per heavy atom. The maximum Gasteiger partial charge on any atom is 0.205 e. The van der Waals surface area contributed by atoms with E-state index < -0.39 is 5.79 Å². The number of likely N-dealkylation sites (N-methyl/N-ethyl adjacent to an activating group) is 1. The highest BCUT2D eigenvalue weighted by molar-refractivity contribution is 5.05. The molecule has 2 fully saturated rings. The lowest BCUT2D eigenvalue weighted by atomic mass is 10.1. The first kappa shape index (κ1) is 8.40. The van der Waals surface area contributed by atoms with Crippen molar-refractivity contribution in [3.8, 4) is 0 Å². The van der Waals surface area contributed by atoms with Crippen LogP contribution in [0.25, 0.3) is 0 Å². The summed E-state index contributed by atoms with van der Waals surface area (Å²) >= 11 is 0. The van der Waals surface area contributed by atoms with Crippen molar-refractivity contribution in [2.75, 3.05) is 20.2 Å². The highest BCUT2D eigenvalue weighted by Crippen LogP contribution is 2.32. The van der Waals surface area contributed by atoms with Gasteiger partial charge in [-0.1, -0.05) is 0 Å². The highest BCUT2D eigenvalue weighted by atomic mass is 16.6. The van der Waals surface area contributed by atoms with Gasteiger partial charge in [0.2, 0.25) is 5.79 Å². The predicted molar refractivity (Wildman–Crippen MR) is 41.3 cm³/mol.